The molecule has 4 rings (SSSR count). The second-order valence-electron chi connectivity index (χ2n) is 10.1. The molecule has 0 spiro atoms. The number of carbonyl (C=O) groups is 1. The van der Waals surface area contributed by atoms with Crippen molar-refractivity contribution in [3.63, 3.8) is 0 Å². The third-order valence-electron chi connectivity index (χ3n) is 7.20. The summed E-state index contributed by atoms with van der Waals surface area (Å²) in [5, 5.41) is 4.66. The Bertz CT molecular complexity index is 1350. The molecule has 16 heteroatoms. The van der Waals surface area contributed by atoms with Gasteiger partial charge in [0.25, 0.3) is 5.91 Å². The second-order valence-corrected chi connectivity index (χ2v) is 12.2. The summed E-state index contributed by atoms with van der Waals surface area (Å²) in [5.41, 5.74) is 2.32. The molecule has 0 bridgehead atoms. The molecule has 2 heterocycles. The van der Waals surface area contributed by atoms with Crippen molar-refractivity contribution < 1.29 is 35.9 Å². The maximum Gasteiger partial charge on any atom is 0.423 e. The van der Waals surface area contributed by atoms with Gasteiger partial charge in [-0.15, -0.1) is 0 Å². The van der Waals surface area contributed by atoms with Crippen LogP contribution in [-0.4, -0.2) is 104 Å². The fourth-order valence-corrected chi connectivity index (χ4v) is 5.48. The average molecular weight is 602 g/mol. The number of methoxy groups -OCH3 is 1. The van der Waals surface area contributed by atoms with Crippen LogP contribution < -0.4 is 20.2 Å². The third-order valence-corrected chi connectivity index (χ3v) is 8.52. The van der Waals surface area contributed by atoms with Crippen LogP contribution in [0.15, 0.2) is 24.4 Å². The van der Waals surface area contributed by atoms with Crippen LogP contribution in [0.1, 0.15) is 35.2 Å². The topological polar surface area (TPSA) is 129 Å². The standard InChI is InChI=1S/C25H34F3N7O5S/c1-33-10-12-35(13-11-33)32-22(36)16-8-9-18(21(14-16)39-3)30-24-29-15-17(25(26,27)28)23(31-24)40-20-7-5-6-19(20)34(2)41(4,37)38/h8-9,14-15,19-20H,5-7,10-13H2,1-4H3,(H,32,36)(H,29,30,31)/t19-,20-/m1/s1. The molecule has 1 amide bonds. The number of anilines is 2. The molecular weight excluding hydrogens is 567 g/mol. The number of hydrogen-bond acceptors (Lipinski definition) is 10. The van der Waals surface area contributed by atoms with Gasteiger partial charge in [0, 0.05) is 45.0 Å². The number of aromatic nitrogens is 2. The third kappa shape index (κ3) is 7.55. The molecule has 2 atom stereocenters. The maximum absolute atomic E-state index is 13.8. The van der Waals surface area contributed by atoms with E-state index < -0.39 is 39.8 Å². The molecule has 2 aromatic rings. The first-order valence-corrected chi connectivity index (χ1v) is 14.8. The molecule has 1 aliphatic carbocycles. The largest absolute Gasteiger partial charge is 0.495 e. The van der Waals surface area contributed by atoms with E-state index in [2.05, 4.69) is 25.6 Å². The first kappa shape index (κ1) is 30.7. The van der Waals surface area contributed by atoms with Crippen molar-refractivity contribution in [2.45, 2.75) is 37.6 Å². The van der Waals surface area contributed by atoms with Gasteiger partial charge in [0.05, 0.1) is 25.1 Å². The maximum atomic E-state index is 13.8. The van der Waals surface area contributed by atoms with E-state index in [1.807, 2.05) is 12.1 Å². The Morgan fingerprint density at radius 3 is 2.51 bits per heavy atom. The predicted octanol–water partition coefficient (Wildman–Crippen LogP) is 2.33. The van der Waals surface area contributed by atoms with Gasteiger partial charge in [0.2, 0.25) is 21.9 Å². The van der Waals surface area contributed by atoms with Crippen LogP contribution >= 0.6 is 0 Å². The van der Waals surface area contributed by atoms with E-state index in [-0.39, 0.29) is 17.6 Å². The van der Waals surface area contributed by atoms with Crippen molar-refractivity contribution in [2.24, 2.45) is 0 Å². The lowest BCUT2D eigenvalue weighted by Crippen LogP contribution is -2.52. The molecule has 1 aliphatic heterocycles. The molecule has 1 aromatic carbocycles. The molecule has 12 nitrogen and oxygen atoms in total. The number of piperazine rings is 1. The molecule has 2 fully saturated rings. The Morgan fingerprint density at radius 2 is 1.88 bits per heavy atom. The molecule has 0 radical (unpaired) electrons. The second kappa shape index (κ2) is 12.3. The van der Waals surface area contributed by atoms with E-state index in [1.165, 1.54) is 26.3 Å². The number of nitrogens with zero attached hydrogens (tertiary/aromatic N) is 5. The van der Waals surface area contributed by atoms with Crippen LogP contribution in [0.5, 0.6) is 11.6 Å². The molecular formula is C25H34F3N7O5S. The van der Waals surface area contributed by atoms with Crippen molar-refractivity contribution in [3.8, 4) is 11.6 Å². The van der Waals surface area contributed by atoms with E-state index in [9.17, 15) is 26.4 Å². The fraction of sp³-hybridized carbons (Fsp3) is 0.560. The molecule has 2 N–H and O–H groups in total. The Hall–Kier alpha value is -3.21. The number of nitrogens with one attached hydrogen (secondary N) is 2. The van der Waals surface area contributed by atoms with Gasteiger partial charge >= 0.3 is 6.18 Å². The first-order chi connectivity index (χ1) is 19.3. The van der Waals surface area contributed by atoms with Crippen molar-refractivity contribution in [1.82, 2.24) is 29.6 Å². The smallest absolute Gasteiger partial charge is 0.423 e. The zero-order valence-corrected chi connectivity index (χ0v) is 24.0. The quantitative estimate of drug-likeness (QED) is 0.442. The zero-order valence-electron chi connectivity index (χ0n) is 23.2. The van der Waals surface area contributed by atoms with Gasteiger partial charge in [-0.25, -0.2) is 18.4 Å². The van der Waals surface area contributed by atoms with E-state index in [0.29, 0.717) is 49.8 Å². The number of likely N-dealkylation sites (N-methyl/N-ethyl adjacent to an activating group) is 2. The monoisotopic (exact) mass is 601 g/mol. The number of hydrazine groups is 1. The van der Waals surface area contributed by atoms with Gasteiger partial charge in [-0.05, 0) is 44.5 Å². The minimum Gasteiger partial charge on any atom is -0.495 e. The van der Waals surface area contributed by atoms with Crippen LogP contribution in [-0.2, 0) is 16.2 Å². The number of alkyl halides is 3. The highest BCUT2D eigenvalue weighted by Gasteiger charge is 2.40. The SMILES string of the molecule is COc1cc(C(=O)NN2CCN(C)CC2)ccc1Nc1ncc(C(F)(F)F)c(O[C@@H]2CCC[C@H]2N(C)S(C)(=O)=O)n1. The van der Waals surface area contributed by atoms with Crippen LogP contribution in [0.4, 0.5) is 24.8 Å². The number of carbonyl (C=O) groups excluding carboxylic acids is 1. The van der Waals surface area contributed by atoms with Crippen LogP contribution in [0.2, 0.25) is 0 Å². The minimum atomic E-state index is -4.80. The predicted molar refractivity (Wildman–Crippen MR) is 145 cm³/mol. The van der Waals surface area contributed by atoms with Crippen LogP contribution in [0.25, 0.3) is 0 Å². The summed E-state index contributed by atoms with van der Waals surface area (Å²) in [5.74, 6) is -0.999. The normalized spacial score (nSPS) is 20.7. The van der Waals surface area contributed by atoms with E-state index in [4.69, 9.17) is 9.47 Å². The summed E-state index contributed by atoms with van der Waals surface area (Å²) in [6, 6.07) is 3.94. The number of ether oxygens (including phenoxy) is 2. The molecule has 1 saturated heterocycles. The highest BCUT2D eigenvalue weighted by atomic mass is 32.2. The van der Waals surface area contributed by atoms with E-state index in [0.717, 1.165) is 23.7 Å². The van der Waals surface area contributed by atoms with Crippen LogP contribution in [0, 0.1) is 0 Å². The first-order valence-electron chi connectivity index (χ1n) is 13.0. The fourth-order valence-electron chi connectivity index (χ4n) is 4.74. The number of rotatable bonds is 9. The highest BCUT2D eigenvalue weighted by molar-refractivity contribution is 7.88. The summed E-state index contributed by atoms with van der Waals surface area (Å²) >= 11 is 0. The molecule has 1 saturated carbocycles. The minimum absolute atomic E-state index is 0.202. The lowest BCUT2D eigenvalue weighted by atomic mass is 10.1. The van der Waals surface area contributed by atoms with Gasteiger partial charge in [-0.3, -0.25) is 10.2 Å². The number of sulfonamides is 1. The van der Waals surface area contributed by atoms with Crippen molar-refractivity contribution in [3.05, 3.63) is 35.5 Å². The number of hydrogen-bond donors (Lipinski definition) is 2. The van der Waals surface area contributed by atoms with Gasteiger partial charge < -0.3 is 19.7 Å². The molecule has 1 aromatic heterocycles. The van der Waals surface area contributed by atoms with E-state index in [1.54, 1.807) is 6.07 Å². The summed E-state index contributed by atoms with van der Waals surface area (Å²) in [4.78, 5) is 22.7. The zero-order chi connectivity index (χ0) is 29.9. The Morgan fingerprint density at radius 1 is 1.17 bits per heavy atom. The van der Waals surface area contributed by atoms with Crippen molar-refractivity contribution in [2.75, 3.05) is 59.0 Å². The molecule has 226 valence electrons. The lowest BCUT2D eigenvalue weighted by molar-refractivity contribution is -0.140. The summed E-state index contributed by atoms with van der Waals surface area (Å²) < 4.78 is 77.7. The Labute approximate surface area is 236 Å². The van der Waals surface area contributed by atoms with Crippen LogP contribution in [0.3, 0.4) is 0 Å². The van der Waals surface area contributed by atoms with Gasteiger partial charge in [-0.2, -0.15) is 22.5 Å². The highest BCUT2D eigenvalue weighted by Crippen LogP contribution is 2.38. The number of halogens is 3. The number of benzene rings is 1. The Kier molecular flexibility index (Phi) is 9.25. The molecule has 41 heavy (non-hydrogen) atoms. The number of amides is 1. The Balaban J connectivity index is 1.54. The van der Waals surface area contributed by atoms with Crippen molar-refractivity contribution >= 4 is 27.6 Å². The van der Waals surface area contributed by atoms with Gasteiger partial charge in [0.1, 0.15) is 17.4 Å². The van der Waals surface area contributed by atoms with Gasteiger partial charge in [-0.1, -0.05) is 0 Å². The summed E-state index contributed by atoms with van der Waals surface area (Å²) in [6.45, 7) is 3.00. The lowest BCUT2D eigenvalue weighted by Gasteiger charge is -2.32. The summed E-state index contributed by atoms with van der Waals surface area (Å²) in [7, 11) is 1.19. The molecule has 0 unspecified atom stereocenters. The van der Waals surface area contributed by atoms with E-state index >= 15 is 0 Å². The molecule has 2 aliphatic rings. The summed E-state index contributed by atoms with van der Waals surface area (Å²) in [6.07, 6.45) is -2.60. The average Bonchev–Trinajstić information content (AvgIpc) is 3.36. The van der Waals surface area contributed by atoms with Gasteiger partial charge in [0.15, 0.2) is 0 Å². The van der Waals surface area contributed by atoms with Crippen molar-refractivity contribution in [1.29, 1.82) is 0 Å².